The maximum absolute atomic E-state index is 12.5. The van der Waals surface area contributed by atoms with E-state index in [1.54, 1.807) is 16.2 Å². The molecule has 186 valence electrons. The molecule has 36 heavy (non-hydrogen) atoms. The molecule has 2 N–H and O–H groups in total. The Kier molecular flexibility index (Phi) is 7.06. The van der Waals surface area contributed by atoms with Crippen molar-refractivity contribution in [1.82, 2.24) is 15.2 Å². The fourth-order valence-corrected chi connectivity index (χ4v) is 5.99. The number of carbonyl (C=O) groups excluding carboxylic acids is 1. The number of fused-ring (bicyclic) bond motifs is 1. The standard InChI is InChI=1S/C28H30N4O3S/c1-17(2)35-25-9-6-18(12-19(25)13-29)28-31-14-26(36-28)23-5-3-4-22-21(23)7-8-24(22)30-15-27(34)32-11-10-20(33)16-32/h3-6,9,12,14,17,20,24,30,33H,7-8,10-11,15-16H2,1-2H3/t20?,24-/m1/s1. The lowest BCUT2D eigenvalue weighted by Crippen LogP contribution is -2.38. The third-order valence-electron chi connectivity index (χ3n) is 6.77. The Bertz CT molecular complexity index is 1310. The number of rotatable bonds is 7. The Hall–Kier alpha value is -3.25. The van der Waals surface area contributed by atoms with Gasteiger partial charge in [0.05, 0.1) is 29.2 Å². The lowest BCUT2D eigenvalue weighted by atomic mass is 10.0. The Morgan fingerprint density at radius 3 is 2.94 bits per heavy atom. The molecule has 1 amide bonds. The van der Waals surface area contributed by atoms with E-state index in [1.165, 1.54) is 16.7 Å². The molecule has 1 unspecified atom stereocenters. The molecule has 0 saturated carbocycles. The van der Waals surface area contributed by atoms with Crippen molar-refractivity contribution in [3.05, 3.63) is 59.3 Å². The predicted octanol–water partition coefficient (Wildman–Crippen LogP) is 4.31. The lowest BCUT2D eigenvalue weighted by Gasteiger charge is -2.19. The van der Waals surface area contributed by atoms with Crippen LogP contribution in [0.25, 0.3) is 21.0 Å². The normalized spacial score (nSPS) is 18.9. The summed E-state index contributed by atoms with van der Waals surface area (Å²) in [4.78, 5) is 20.0. The fraction of sp³-hybridized carbons (Fsp3) is 0.393. The Labute approximate surface area is 215 Å². The number of ether oxygens (including phenoxy) is 1. The van der Waals surface area contributed by atoms with Gasteiger partial charge in [0, 0.05) is 30.9 Å². The molecule has 0 bridgehead atoms. The molecule has 0 spiro atoms. The number of thiazole rings is 1. The zero-order valence-corrected chi connectivity index (χ0v) is 21.3. The third-order valence-corrected chi connectivity index (χ3v) is 7.85. The zero-order valence-electron chi connectivity index (χ0n) is 20.5. The van der Waals surface area contributed by atoms with Crippen LogP contribution in [0.4, 0.5) is 0 Å². The van der Waals surface area contributed by atoms with Gasteiger partial charge in [-0.3, -0.25) is 4.79 Å². The van der Waals surface area contributed by atoms with Crippen LogP contribution in [0.15, 0.2) is 42.6 Å². The fourth-order valence-electron chi connectivity index (χ4n) is 5.03. The molecule has 1 aliphatic heterocycles. The van der Waals surface area contributed by atoms with Gasteiger partial charge in [0.25, 0.3) is 0 Å². The molecule has 0 radical (unpaired) electrons. The van der Waals surface area contributed by atoms with Crippen molar-refractivity contribution in [1.29, 1.82) is 5.26 Å². The summed E-state index contributed by atoms with van der Waals surface area (Å²) >= 11 is 1.61. The molecule has 1 aliphatic carbocycles. The van der Waals surface area contributed by atoms with Crippen molar-refractivity contribution >= 4 is 17.2 Å². The van der Waals surface area contributed by atoms with Gasteiger partial charge in [0.15, 0.2) is 0 Å². The smallest absolute Gasteiger partial charge is 0.236 e. The van der Waals surface area contributed by atoms with Crippen LogP contribution in [-0.4, -0.2) is 52.7 Å². The first-order chi connectivity index (χ1) is 17.4. The number of hydrogen-bond acceptors (Lipinski definition) is 7. The van der Waals surface area contributed by atoms with E-state index in [2.05, 4.69) is 34.6 Å². The van der Waals surface area contributed by atoms with Gasteiger partial charge in [-0.25, -0.2) is 4.98 Å². The summed E-state index contributed by atoms with van der Waals surface area (Å²) in [6.07, 6.45) is 4.04. The number of amides is 1. The average molecular weight is 503 g/mol. The van der Waals surface area contributed by atoms with E-state index in [0.29, 0.717) is 30.8 Å². The van der Waals surface area contributed by atoms with Gasteiger partial charge in [-0.1, -0.05) is 18.2 Å². The molecule has 1 aromatic heterocycles. The SMILES string of the molecule is CC(C)Oc1ccc(-c2ncc(-c3cccc4c3CC[C@H]4NCC(=O)N3CCC(O)C3)s2)cc1C#N. The highest BCUT2D eigenvalue weighted by Crippen LogP contribution is 2.41. The first-order valence-electron chi connectivity index (χ1n) is 12.4. The van der Waals surface area contributed by atoms with Crippen LogP contribution >= 0.6 is 11.3 Å². The van der Waals surface area contributed by atoms with Crippen molar-refractivity contribution in [2.45, 2.75) is 51.4 Å². The van der Waals surface area contributed by atoms with Gasteiger partial charge in [0.2, 0.25) is 5.91 Å². The van der Waals surface area contributed by atoms with Gasteiger partial charge in [-0.2, -0.15) is 5.26 Å². The number of likely N-dealkylation sites (tertiary alicyclic amines) is 1. The average Bonchev–Trinajstić information content (AvgIpc) is 3.62. The van der Waals surface area contributed by atoms with Crippen LogP contribution in [0, 0.1) is 11.3 Å². The second-order valence-corrected chi connectivity index (χ2v) is 10.7. The number of aromatic nitrogens is 1. The number of aliphatic hydroxyl groups is 1. The number of hydrogen-bond donors (Lipinski definition) is 2. The number of β-amino-alcohol motifs (C(OH)–C–C–N with tert-alkyl or cyclic N) is 1. The highest BCUT2D eigenvalue weighted by atomic mass is 32.1. The number of nitriles is 1. The summed E-state index contributed by atoms with van der Waals surface area (Å²) in [5.74, 6) is 0.636. The highest BCUT2D eigenvalue weighted by Gasteiger charge is 2.28. The number of nitrogens with one attached hydrogen (secondary N) is 1. The van der Waals surface area contributed by atoms with E-state index in [-0.39, 0.29) is 24.6 Å². The third kappa shape index (κ3) is 5.00. The van der Waals surface area contributed by atoms with E-state index in [9.17, 15) is 15.2 Å². The van der Waals surface area contributed by atoms with E-state index in [0.717, 1.165) is 28.3 Å². The summed E-state index contributed by atoms with van der Waals surface area (Å²) in [6, 6.07) is 14.3. The Balaban J connectivity index is 1.32. The molecule has 5 rings (SSSR count). The molecule has 1 fully saturated rings. The van der Waals surface area contributed by atoms with E-state index in [1.807, 2.05) is 38.2 Å². The molecule has 3 aromatic rings. The predicted molar refractivity (Wildman–Crippen MR) is 140 cm³/mol. The molecule has 2 heterocycles. The summed E-state index contributed by atoms with van der Waals surface area (Å²) < 4.78 is 5.75. The highest BCUT2D eigenvalue weighted by molar-refractivity contribution is 7.18. The largest absolute Gasteiger partial charge is 0.490 e. The first-order valence-corrected chi connectivity index (χ1v) is 13.2. The molecule has 1 saturated heterocycles. The minimum Gasteiger partial charge on any atom is -0.490 e. The van der Waals surface area contributed by atoms with Crippen LogP contribution in [0.2, 0.25) is 0 Å². The molecule has 2 atom stereocenters. The van der Waals surface area contributed by atoms with E-state index < -0.39 is 6.10 Å². The van der Waals surface area contributed by atoms with Gasteiger partial charge in [-0.05, 0) is 68.0 Å². The van der Waals surface area contributed by atoms with Crippen molar-refractivity contribution in [3.8, 4) is 32.8 Å². The Morgan fingerprint density at radius 1 is 1.33 bits per heavy atom. The lowest BCUT2D eigenvalue weighted by molar-refractivity contribution is -0.129. The summed E-state index contributed by atoms with van der Waals surface area (Å²) in [5, 5.41) is 23.6. The number of aliphatic hydroxyl groups excluding tert-OH is 1. The van der Waals surface area contributed by atoms with Crippen LogP contribution in [0.5, 0.6) is 5.75 Å². The van der Waals surface area contributed by atoms with Gasteiger partial charge >= 0.3 is 0 Å². The number of nitrogens with zero attached hydrogens (tertiary/aromatic N) is 3. The quantitative estimate of drug-likeness (QED) is 0.500. The first kappa shape index (κ1) is 24.4. The molecular formula is C28H30N4O3S. The van der Waals surface area contributed by atoms with Crippen LogP contribution in [-0.2, 0) is 11.2 Å². The Morgan fingerprint density at radius 2 is 2.19 bits per heavy atom. The van der Waals surface area contributed by atoms with Crippen LogP contribution < -0.4 is 10.1 Å². The molecule has 2 aliphatic rings. The summed E-state index contributed by atoms with van der Waals surface area (Å²) in [7, 11) is 0. The van der Waals surface area contributed by atoms with E-state index >= 15 is 0 Å². The van der Waals surface area contributed by atoms with E-state index in [4.69, 9.17) is 4.74 Å². The molecule has 8 heteroatoms. The molecule has 2 aromatic carbocycles. The second-order valence-electron chi connectivity index (χ2n) is 9.65. The van der Waals surface area contributed by atoms with Crippen molar-refractivity contribution in [3.63, 3.8) is 0 Å². The van der Waals surface area contributed by atoms with Gasteiger partial charge in [0.1, 0.15) is 16.8 Å². The topological polar surface area (TPSA) is 98.5 Å². The monoisotopic (exact) mass is 502 g/mol. The minimum absolute atomic E-state index is 0.000793. The van der Waals surface area contributed by atoms with Crippen molar-refractivity contribution < 1.29 is 14.6 Å². The minimum atomic E-state index is -0.397. The molecular weight excluding hydrogens is 472 g/mol. The maximum atomic E-state index is 12.5. The van der Waals surface area contributed by atoms with Crippen LogP contribution in [0.3, 0.4) is 0 Å². The van der Waals surface area contributed by atoms with Crippen molar-refractivity contribution in [2.24, 2.45) is 0 Å². The van der Waals surface area contributed by atoms with Gasteiger partial charge in [-0.15, -0.1) is 11.3 Å². The van der Waals surface area contributed by atoms with Gasteiger partial charge < -0.3 is 20.1 Å². The summed E-state index contributed by atoms with van der Waals surface area (Å²) in [5.41, 5.74) is 5.11. The number of carbonyl (C=O) groups is 1. The summed E-state index contributed by atoms with van der Waals surface area (Å²) in [6.45, 7) is 5.23. The molecule has 7 nitrogen and oxygen atoms in total. The second kappa shape index (κ2) is 10.4. The van der Waals surface area contributed by atoms with Crippen LogP contribution in [0.1, 0.15) is 49.4 Å². The number of benzene rings is 2. The maximum Gasteiger partial charge on any atom is 0.236 e. The van der Waals surface area contributed by atoms with Crippen molar-refractivity contribution in [2.75, 3.05) is 19.6 Å². The zero-order chi connectivity index (χ0) is 25.2.